The number of fused-ring (bicyclic) bond motifs is 1. The molecule has 0 unspecified atom stereocenters. The van der Waals surface area contributed by atoms with Crippen LogP contribution in [0.4, 0.5) is 10.2 Å². The molecule has 2 aromatic carbocycles. The van der Waals surface area contributed by atoms with Crippen LogP contribution in [0.2, 0.25) is 5.02 Å². The summed E-state index contributed by atoms with van der Waals surface area (Å²) in [6.45, 7) is 0. The molecule has 1 amide bonds. The first-order valence-corrected chi connectivity index (χ1v) is 7.90. The van der Waals surface area contributed by atoms with Crippen LogP contribution < -0.4 is 5.32 Å². The van der Waals surface area contributed by atoms with Gasteiger partial charge in [0.15, 0.2) is 5.82 Å². The Bertz CT molecular complexity index is 903. The maximum Gasteiger partial charge on any atom is 0.226 e. The fraction of sp³-hybridized carbons (Fsp3) is 0.111. The van der Waals surface area contributed by atoms with Crippen molar-refractivity contribution in [2.45, 2.75) is 12.3 Å². The molecule has 2 heterocycles. The molecule has 6 heteroatoms. The number of nitrogens with one attached hydrogen (secondary N) is 2. The number of anilines is 1. The van der Waals surface area contributed by atoms with Crippen molar-refractivity contribution in [3.05, 3.63) is 70.5 Å². The van der Waals surface area contributed by atoms with Crippen molar-refractivity contribution in [1.82, 2.24) is 10.2 Å². The predicted molar refractivity (Wildman–Crippen MR) is 90.5 cm³/mol. The third-order valence-corrected chi connectivity index (χ3v) is 4.54. The van der Waals surface area contributed by atoms with Crippen molar-refractivity contribution in [2.75, 3.05) is 5.32 Å². The van der Waals surface area contributed by atoms with E-state index in [1.54, 1.807) is 12.1 Å². The fourth-order valence-electron chi connectivity index (χ4n) is 3.17. The average Bonchev–Trinajstić information content (AvgIpc) is 2.99. The predicted octanol–water partition coefficient (Wildman–Crippen LogP) is 4.34. The number of amides is 1. The van der Waals surface area contributed by atoms with Gasteiger partial charge in [-0.3, -0.25) is 9.89 Å². The lowest BCUT2D eigenvalue weighted by atomic mass is 9.84. The van der Waals surface area contributed by atoms with Gasteiger partial charge in [0.2, 0.25) is 5.91 Å². The highest BCUT2D eigenvalue weighted by Gasteiger charge is 2.34. The van der Waals surface area contributed by atoms with E-state index in [1.165, 1.54) is 6.07 Å². The first-order chi connectivity index (χ1) is 11.6. The molecule has 0 bridgehead atoms. The van der Waals surface area contributed by atoms with E-state index in [2.05, 4.69) is 15.5 Å². The molecule has 0 fully saturated rings. The lowest BCUT2D eigenvalue weighted by Crippen LogP contribution is -2.24. The molecule has 3 aromatic rings. The highest BCUT2D eigenvalue weighted by Crippen LogP contribution is 2.44. The van der Waals surface area contributed by atoms with Crippen molar-refractivity contribution >= 4 is 23.3 Å². The third kappa shape index (κ3) is 2.37. The van der Waals surface area contributed by atoms with E-state index in [-0.39, 0.29) is 12.3 Å². The monoisotopic (exact) mass is 341 g/mol. The molecule has 2 N–H and O–H groups in total. The minimum absolute atomic E-state index is 0.118. The molecule has 1 atom stereocenters. The first kappa shape index (κ1) is 14.9. The maximum atomic E-state index is 14.4. The maximum absolute atomic E-state index is 14.4. The fourth-order valence-corrected chi connectivity index (χ4v) is 3.47. The van der Waals surface area contributed by atoms with Gasteiger partial charge >= 0.3 is 0 Å². The Morgan fingerprint density at radius 3 is 2.62 bits per heavy atom. The Morgan fingerprint density at radius 2 is 1.88 bits per heavy atom. The summed E-state index contributed by atoms with van der Waals surface area (Å²) >= 11 is 6.24. The van der Waals surface area contributed by atoms with E-state index in [1.807, 2.05) is 30.3 Å². The SMILES string of the molecule is O=C1C[C@H](c2c(F)cccc2Cl)c2c(n[nH]c2-c2ccccc2)N1. The van der Waals surface area contributed by atoms with Gasteiger partial charge in [0, 0.05) is 28.5 Å². The zero-order chi connectivity index (χ0) is 16.7. The van der Waals surface area contributed by atoms with Crippen LogP contribution in [0.3, 0.4) is 0 Å². The number of aromatic amines is 1. The van der Waals surface area contributed by atoms with Gasteiger partial charge in [0.05, 0.1) is 5.69 Å². The normalized spacial score (nSPS) is 16.6. The summed E-state index contributed by atoms with van der Waals surface area (Å²) in [6, 6.07) is 14.2. The van der Waals surface area contributed by atoms with E-state index < -0.39 is 11.7 Å². The number of aromatic nitrogens is 2. The van der Waals surface area contributed by atoms with E-state index in [9.17, 15) is 9.18 Å². The number of hydrogen-bond acceptors (Lipinski definition) is 2. The number of halogens is 2. The molecule has 1 aliphatic rings. The van der Waals surface area contributed by atoms with Crippen molar-refractivity contribution < 1.29 is 9.18 Å². The van der Waals surface area contributed by atoms with Crippen LogP contribution in [0.5, 0.6) is 0 Å². The Labute approximate surface area is 142 Å². The zero-order valence-corrected chi connectivity index (χ0v) is 13.3. The molecule has 4 rings (SSSR count). The van der Waals surface area contributed by atoms with Gasteiger partial charge in [-0.25, -0.2) is 4.39 Å². The van der Waals surface area contributed by atoms with E-state index in [0.717, 1.165) is 16.8 Å². The zero-order valence-electron chi connectivity index (χ0n) is 12.5. The molecule has 1 aliphatic heterocycles. The molecular weight excluding hydrogens is 329 g/mol. The van der Waals surface area contributed by atoms with E-state index in [4.69, 9.17) is 11.6 Å². The third-order valence-electron chi connectivity index (χ3n) is 4.21. The quantitative estimate of drug-likeness (QED) is 0.728. The van der Waals surface area contributed by atoms with Crippen molar-refractivity contribution in [3.63, 3.8) is 0 Å². The first-order valence-electron chi connectivity index (χ1n) is 7.52. The van der Waals surface area contributed by atoms with Gasteiger partial charge < -0.3 is 5.32 Å². The molecule has 0 radical (unpaired) electrons. The number of rotatable bonds is 2. The van der Waals surface area contributed by atoms with Gasteiger partial charge in [0.25, 0.3) is 0 Å². The van der Waals surface area contributed by atoms with E-state index in [0.29, 0.717) is 16.4 Å². The summed E-state index contributed by atoms with van der Waals surface area (Å²) in [5.41, 5.74) is 2.76. The smallest absolute Gasteiger partial charge is 0.226 e. The van der Waals surface area contributed by atoms with Crippen LogP contribution in [0.1, 0.15) is 23.5 Å². The van der Waals surface area contributed by atoms with Gasteiger partial charge in [-0.05, 0) is 17.7 Å². The number of carbonyl (C=O) groups excluding carboxylic acids is 1. The van der Waals surface area contributed by atoms with Crippen LogP contribution in [-0.4, -0.2) is 16.1 Å². The topological polar surface area (TPSA) is 57.8 Å². The Hall–Kier alpha value is -2.66. The molecule has 0 aliphatic carbocycles. The molecule has 1 aromatic heterocycles. The number of hydrogen-bond donors (Lipinski definition) is 2. The Balaban J connectivity index is 1.93. The van der Waals surface area contributed by atoms with Gasteiger partial charge in [-0.2, -0.15) is 5.10 Å². The molecule has 0 saturated heterocycles. The van der Waals surface area contributed by atoms with Crippen LogP contribution in [0.15, 0.2) is 48.5 Å². The number of carbonyl (C=O) groups is 1. The van der Waals surface area contributed by atoms with Crippen LogP contribution in [-0.2, 0) is 4.79 Å². The summed E-state index contributed by atoms with van der Waals surface area (Å²) in [4.78, 5) is 12.0. The second-order valence-electron chi connectivity index (χ2n) is 5.67. The number of H-pyrrole nitrogens is 1. The second-order valence-corrected chi connectivity index (χ2v) is 6.07. The standard InChI is InChI=1S/C18H13ClFN3O/c19-12-7-4-8-13(20)15(12)11-9-14(24)21-18-16(11)17(22-23-18)10-5-2-1-3-6-10/h1-8,11H,9H2,(H2,21,22,23,24)/t11-/m1/s1. The summed E-state index contributed by atoms with van der Waals surface area (Å²) in [5, 5.41) is 10.2. The van der Waals surface area contributed by atoms with Crippen molar-refractivity contribution in [3.8, 4) is 11.3 Å². The molecule has 120 valence electrons. The van der Waals surface area contributed by atoms with Gasteiger partial charge in [-0.1, -0.05) is 48.0 Å². The second kappa shape index (κ2) is 5.76. The molecule has 24 heavy (non-hydrogen) atoms. The van der Waals surface area contributed by atoms with Crippen LogP contribution >= 0.6 is 11.6 Å². The van der Waals surface area contributed by atoms with Crippen LogP contribution in [0, 0.1) is 5.82 Å². The summed E-state index contributed by atoms with van der Waals surface area (Å²) in [7, 11) is 0. The van der Waals surface area contributed by atoms with E-state index >= 15 is 0 Å². The highest BCUT2D eigenvalue weighted by atomic mass is 35.5. The molecule has 0 saturated carbocycles. The lowest BCUT2D eigenvalue weighted by Gasteiger charge is -2.24. The Morgan fingerprint density at radius 1 is 1.08 bits per heavy atom. The molecule has 0 spiro atoms. The average molecular weight is 342 g/mol. The minimum Gasteiger partial charge on any atom is -0.309 e. The minimum atomic E-state index is -0.489. The van der Waals surface area contributed by atoms with Crippen LogP contribution in [0.25, 0.3) is 11.3 Å². The summed E-state index contributed by atoms with van der Waals surface area (Å²) in [6.07, 6.45) is 0.118. The largest absolute Gasteiger partial charge is 0.309 e. The highest BCUT2D eigenvalue weighted by molar-refractivity contribution is 6.31. The number of nitrogens with zero attached hydrogens (tertiary/aromatic N) is 1. The van der Waals surface area contributed by atoms with Gasteiger partial charge in [-0.15, -0.1) is 0 Å². The summed E-state index contributed by atoms with van der Waals surface area (Å²) in [5.74, 6) is -0.697. The molecule has 4 nitrogen and oxygen atoms in total. The number of benzene rings is 2. The van der Waals surface area contributed by atoms with Crippen molar-refractivity contribution in [2.24, 2.45) is 0 Å². The lowest BCUT2D eigenvalue weighted by molar-refractivity contribution is -0.116. The Kier molecular flexibility index (Phi) is 3.58. The van der Waals surface area contributed by atoms with Crippen molar-refractivity contribution in [1.29, 1.82) is 0 Å². The summed E-state index contributed by atoms with van der Waals surface area (Å²) < 4.78 is 14.4. The molecular formula is C18H13ClFN3O. The van der Waals surface area contributed by atoms with Gasteiger partial charge in [0.1, 0.15) is 5.82 Å².